The Labute approximate surface area is 219 Å². The van der Waals surface area contributed by atoms with E-state index in [1.54, 1.807) is 18.5 Å². The number of hydrogen-bond acceptors (Lipinski definition) is 5. The molecule has 1 aliphatic carbocycles. The molecule has 1 aromatic carbocycles. The molecule has 1 saturated carbocycles. The molecule has 37 heavy (non-hydrogen) atoms. The van der Waals surface area contributed by atoms with E-state index in [0.29, 0.717) is 28.3 Å². The fourth-order valence-electron chi connectivity index (χ4n) is 4.36. The van der Waals surface area contributed by atoms with Gasteiger partial charge in [-0.15, -0.1) is 0 Å². The second-order valence-electron chi connectivity index (χ2n) is 9.01. The SMILES string of the molecule is O=C(NC1=CC(c2cnc3n[nH]c(-c4nc5nccc(-c6cccc(F)c6)c5[nH]4)c3c2)=CI=C1)C1CC1. The van der Waals surface area contributed by atoms with E-state index in [-0.39, 0.29) is 38.4 Å². The minimum absolute atomic E-state index is 0.106. The van der Waals surface area contributed by atoms with E-state index >= 15 is 0 Å². The van der Waals surface area contributed by atoms with Crippen molar-refractivity contribution in [3.8, 4) is 22.6 Å². The first-order chi connectivity index (χ1) is 18.1. The van der Waals surface area contributed by atoms with Crippen LogP contribution in [0.4, 0.5) is 4.39 Å². The van der Waals surface area contributed by atoms with E-state index in [1.165, 1.54) is 12.1 Å². The maximum atomic E-state index is 13.9. The Balaban J connectivity index is 1.27. The van der Waals surface area contributed by atoms with Crippen molar-refractivity contribution >= 4 is 58.4 Å². The number of imidazole rings is 1. The first kappa shape index (κ1) is 22.2. The number of amides is 1. The van der Waals surface area contributed by atoms with Crippen molar-refractivity contribution in [1.82, 2.24) is 35.5 Å². The summed E-state index contributed by atoms with van der Waals surface area (Å²) in [6.07, 6.45) is 7.42. The number of hydrogen-bond donors (Lipinski definition) is 3. The second kappa shape index (κ2) is 8.80. The summed E-state index contributed by atoms with van der Waals surface area (Å²) in [5, 5.41) is 11.3. The second-order valence-corrected chi connectivity index (χ2v) is 11.0. The Kier molecular flexibility index (Phi) is 5.27. The molecule has 3 N–H and O–H groups in total. The Morgan fingerprint density at radius 1 is 1.11 bits per heavy atom. The molecule has 182 valence electrons. The average Bonchev–Trinajstić information content (AvgIpc) is 3.55. The van der Waals surface area contributed by atoms with Gasteiger partial charge in [0.15, 0.2) is 17.1 Å². The number of allylic oxidation sites excluding steroid dienone is 3. The molecule has 2 aliphatic rings. The standard InChI is InChI=1S/C27H19FIN7O/c28-18-3-1-2-15(8-18)20-6-7-30-25-22(20)33-26(34-25)23-21-10-17(13-31-24(21)36-35-23)16-9-19(12-29-11-16)32-27(37)14-4-5-14/h1-3,6-14H,4-5H2,(H,32,37)(H,30,33,34)(H,31,35,36). The van der Waals surface area contributed by atoms with Gasteiger partial charge in [0.05, 0.1) is 10.9 Å². The van der Waals surface area contributed by atoms with Crippen molar-refractivity contribution < 1.29 is 9.18 Å². The monoisotopic (exact) mass is 603 g/mol. The molecule has 10 heteroatoms. The van der Waals surface area contributed by atoms with E-state index in [0.717, 1.165) is 46.2 Å². The van der Waals surface area contributed by atoms with Gasteiger partial charge in [0.1, 0.15) is 11.5 Å². The van der Waals surface area contributed by atoms with Gasteiger partial charge in [0.25, 0.3) is 0 Å². The number of carbonyl (C=O) groups excluding carboxylic acids is 1. The first-order valence-electron chi connectivity index (χ1n) is 11.8. The van der Waals surface area contributed by atoms with Gasteiger partial charge in [-0.2, -0.15) is 5.10 Å². The van der Waals surface area contributed by atoms with Crippen LogP contribution in [0.3, 0.4) is 0 Å². The van der Waals surface area contributed by atoms with Crippen LogP contribution in [-0.2, 0) is 4.79 Å². The van der Waals surface area contributed by atoms with Gasteiger partial charge in [-0.1, -0.05) is 32.9 Å². The molecule has 1 fully saturated rings. The Morgan fingerprint density at radius 2 is 2.03 bits per heavy atom. The maximum Gasteiger partial charge on any atom is 0.227 e. The van der Waals surface area contributed by atoms with Crippen LogP contribution in [0, 0.1) is 11.7 Å². The van der Waals surface area contributed by atoms with Crippen LogP contribution in [-0.4, -0.2) is 40.1 Å². The summed E-state index contributed by atoms with van der Waals surface area (Å²) < 4.78 is 18.2. The fraction of sp³-hybridized carbons (Fsp3) is 0.111. The highest BCUT2D eigenvalue weighted by Gasteiger charge is 2.30. The highest BCUT2D eigenvalue weighted by Crippen LogP contribution is 2.33. The van der Waals surface area contributed by atoms with Gasteiger partial charge in [0.2, 0.25) is 5.91 Å². The van der Waals surface area contributed by atoms with E-state index in [9.17, 15) is 9.18 Å². The molecule has 1 amide bonds. The number of nitrogens with one attached hydrogen (secondary N) is 3. The van der Waals surface area contributed by atoms with Gasteiger partial charge in [-0.05, 0) is 62.4 Å². The number of H-pyrrole nitrogens is 2. The zero-order valence-electron chi connectivity index (χ0n) is 19.3. The smallest absolute Gasteiger partial charge is 0.227 e. The molecule has 0 unspecified atom stereocenters. The number of pyridine rings is 2. The number of nitrogens with zero attached hydrogens (tertiary/aromatic N) is 4. The number of carbonyl (C=O) groups is 1. The van der Waals surface area contributed by atoms with Crippen LogP contribution in [0.2, 0.25) is 0 Å². The predicted octanol–water partition coefficient (Wildman–Crippen LogP) is 5.24. The molecular formula is C27H19FIN7O. The molecule has 4 aromatic heterocycles. The number of aromatic amines is 2. The quantitative estimate of drug-likeness (QED) is 0.238. The van der Waals surface area contributed by atoms with E-state index in [2.05, 4.69) is 38.6 Å². The lowest BCUT2D eigenvalue weighted by Gasteiger charge is -2.10. The summed E-state index contributed by atoms with van der Waals surface area (Å²) in [6.45, 7) is 0. The fourth-order valence-corrected chi connectivity index (χ4v) is 6.19. The maximum absolute atomic E-state index is 13.9. The van der Waals surface area contributed by atoms with Crippen molar-refractivity contribution in [2.24, 2.45) is 5.92 Å². The molecular weight excluding hydrogens is 584 g/mol. The average molecular weight is 603 g/mol. The molecule has 5 aromatic rings. The van der Waals surface area contributed by atoms with Crippen LogP contribution >= 0.6 is 20.7 Å². The summed E-state index contributed by atoms with van der Waals surface area (Å²) >= 11 is -0.326. The molecule has 7 rings (SSSR count). The van der Waals surface area contributed by atoms with Gasteiger partial charge in [-0.3, -0.25) is 9.89 Å². The summed E-state index contributed by atoms with van der Waals surface area (Å²) in [5.41, 5.74) is 6.88. The lowest BCUT2D eigenvalue weighted by Crippen LogP contribution is -2.25. The van der Waals surface area contributed by atoms with Crippen LogP contribution in [0.15, 0.2) is 64.6 Å². The summed E-state index contributed by atoms with van der Waals surface area (Å²) in [5.74, 6) is 0.531. The first-order valence-corrected chi connectivity index (χ1v) is 14.2. The zero-order chi connectivity index (χ0) is 24.9. The molecule has 5 heterocycles. The van der Waals surface area contributed by atoms with Crippen molar-refractivity contribution in [1.29, 1.82) is 0 Å². The van der Waals surface area contributed by atoms with E-state index < -0.39 is 0 Å². The third kappa shape index (κ3) is 4.16. The van der Waals surface area contributed by atoms with Gasteiger partial charge >= 0.3 is 0 Å². The third-order valence-corrected chi connectivity index (χ3v) is 8.46. The Hall–Kier alpha value is -4.06. The molecule has 0 radical (unpaired) electrons. The van der Waals surface area contributed by atoms with E-state index in [4.69, 9.17) is 4.98 Å². The van der Waals surface area contributed by atoms with E-state index in [1.807, 2.05) is 24.3 Å². The normalized spacial score (nSPS) is 15.4. The Morgan fingerprint density at radius 3 is 2.89 bits per heavy atom. The van der Waals surface area contributed by atoms with Crippen molar-refractivity contribution in [2.45, 2.75) is 12.8 Å². The molecule has 1 aliphatic heterocycles. The van der Waals surface area contributed by atoms with Crippen molar-refractivity contribution in [2.75, 3.05) is 0 Å². The number of benzene rings is 1. The Bertz CT molecular complexity index is 1810. The highest BCUT2D eigenvalue weighted by molar-refractivity contribution is 14.2. The molecule has 0 saturated heterocycles. The van der Waals surface area contributed by atoms with Crippen molar-refractivity contribution in [3.05, 3.63) is 76.0 Å². The summed E-state index contributed by atoms with van der Waals surface area (Å²) in [4.78, 5) is 29.2. The number of fused-ring (bicyclic) bond motifs is 2. The van der Waals surface area contributed by atoms with Crippen LogP contribution < -0.4 is 5.32 Å². The summed E-state index contributed by atoms with van der Waals surface area (Å²) in [6, 6.07) is 10.3. The number of rotatable bonds is 5. The van der Waals surface area contributed by atoms with Gasteiger partial charge < -0.3 is 10.3 Å². The molecule has 0 bridgehead atoms. The van der Waals surface area contributed by atoms with Crippen molar-refractivity contribution in [3.63, 3.8) is 0 Å². The van der Waals surface area contributed by atoms with Crippen LogP contribution in [0.25, 0.3) is 50.4 Å². The molecule has 0 spiro atoms. The van der Waals surface area contributed by atoms with Gasteiger partial charge in [0, 0.05) is 35.1 Å². The zero-order valence-corrected chi connectivity index (χ0v) is 21.5. The minimum Gasteiger partial charge on any atom is -0.335 e. The van der Waals surface area contributed by atoms with Crippen LogP contribution in [0.1, 0.15) is 18.4 Å². The van der Waals surface area contributed by atoms with Gasteiger partial charge in [-0.25, -0.2) is 19.3 Å². The van der Waals surface area contributed by atoms with Crippen LogP contribution in [0.5, 0.6) is 0 Å². The minimum atomic E-state index is -0.326. The third-order valence-electron chi connectivity index (χ3n) is 6.40. The number of aromatic nitrogens is 6. The number of halogens is 2. The molecule has 0 atom stereocenters. The molecule has 8 nitrogen and oxygen atoms in total. The topological polar surface area (TPSA) is 112 Å². The lowest BCUT2D eigenvalue weighted by molar-refractivity contribution is -0.121. The summed E-state index contributed by atoms with van der Waals surface area (Å²) in [7, 11) is 0. The lowest BCUT2D eigenvalue weighted by atomic mass is 10.1. The predicted molar refractivity (Wildman–Crippen MR) is 149 cm³/mol. The largest absolute Gasteiger partial charge is 0.335 e. The highest BCUT2D eigenvalue weighted by atomic mass is 127.